The lowest BCUT2D eigenvalue weighted by molar-refractivity contribution is 0.189. The van der Waals surface area contributed by atoms with E-state index in [4.69, 9.17) is 16.3 Å². The van der Waals surface area contributed by atoms with Gasteiger partial charge in [-0.2, -0.15) is 0 Å². The molecule has 2 nitrogen and oxygen atoms in total. The summed E-state index contributed by atoms with van der Waals surface area (Å²) in [5.74, 6) is 0. The molecule has 0 bridgehead atoms. The molecule has 1 unspecified atom stereocenters. The third kappa shape index (κ3) is 3.24. The number of nitrogens with one attached hydrogen (secondary N) is 1. The maximum Gasteiger partial charge on any atom is 0.0561 e. The van der Waals surface area contributed by atoms with Crippen LogP contribution < -0.4 is 5.32 Å². The molecule has 0 saturated carbocycles. The first-order valence-electron chi connectivity index (χ1n) is 4.68. The first kappa shape index (κ1) is 12.0. The summed E-state index contributed by atoms with van der Waals surface area (Å²) < 4.78 is 5.03. The van der Waals surface area contributed by atoms with Crippen molar-refractivity contribution in [3.63, 3.8) is 0 Å². The van der Waals surface area contributed by atoms with Gasteiger partial charge >= 0.3 is 0 Å². The van der Waals surface area contributed by atoms with Gasteiger partial charge < -0.3 is 10.1 Å². The summed E-state index contributed by atoms with van der Waals surface area (Å²) in [4.78, 5) is 1.23. The van der Waals surface area contributed by atoms with Crippen molar-refractivity contribution in [2.45, 2.75) is 18.9 Å². The van der Waals surface area contributed by atoms with Crippen LogP contribution in [0.15, 0.2) is 11.4 Å². The lowest BCUT2D eigenvalue weighted by Crippen LogP contribution is -2.16. The van der Waals surface area contributed by atoms with E-state index in [2.05, 4.69) is 5.32 Å². The minimum absolute atomic E-state index is 0.359. The molecular formula is C10H16ClNOS. The van der Waals surface area contributed by atoms with E-state index in [1.54, 1.807) is 18.4 Å². The van der Waals surface area contributed by atoms with Gasteiger partial charge in [0.05, 0.1) is 5.02 Å². The Hall–Kier alpha value is -0.0900. The van der Waals surface area contributed by atoms with Crippen LogP contribution in [0.1, 0.15) is 23.8 Å². The summed E-state index contributed by atoms with van der Waals surface area (Å²) in [6, 6.07) is 2.31. The second-order valence-corrected chi connectivity index (χ2v) is 4.46. The van der Waals surface area contributed by atoms with Crippen molar-refractivity contribution in [2.75, 3.05) is 20.8 Å². The zero-order chi connectivity index (χ0) is 10.4. The molecule has 0 spiro atoms. The average molecular weight is 234 g/mol. The number of hydrogen-bond donors (Lipinski definition) is 1. The van der Waals surface area contributed by atoms with E-state index >= 15 is 0 Å². The largest absolute Gasteiger partial charge is 0.385 e. The normalized spacial score (nSPS) is 13.1. The quantitative estimate of drug-likeness (QED) is 0.763. The van der Waals surface area contributed by atoms with Crippen LogP contribution in [0.4, 0.5) is 0 Å². The molecule has 1 N–H and O–H groups in total. The molecule has 1 aromatic rings. The predicted octanol–water partition coefficient (Wildman–Crippen LogP) is 3.09. The van der Waals surface area contributed by atoms with Crippen molar-refractivity contribution in [1.82, 2.24) is 5.32 Å². The summed E-state index contributed by atoms with van der Waals surface area (Å²) in [7, 11) is 3.69. The first-order chi connectivity index (χ1) is 6.79. The molecule has 1 aromatic heterocycles. The molecule has 4 heteroatoms. The van der Waals surface area contributed by atoms with E-state index in [9.17, 15) is 0 Å². The smallest absolute Gasteiger partial charge is 0.0561 e. The Morgan fingerprint density at radius 3 is 2.93 bits per heavy atom. The molecular weight excluding hydrogens is 218 g/mol. The zero-order valence-electron chi connectivity index (χ0n) is 8.55. The fourth-order valence-electron chi connectivity index (χ4n) is 1.39. The van der Waals surface area contributed by atoms with Crippen molar-refractivity contribution in [3.05, 3.63) is 21.3 Å². The molecule has 0 aromatic carbocycles. The van der Waals surface area contributed by atoms with Gasteiger partial charge in [-0.3, -0.25) is 0 Å². The number of ether oxygens (including phenoxy) is 1. The molecule has 0 aliphatic heterocycles. The highest BCUT2D eigenvalue weighted by Gasteiger charge is 2.13. The third-order valence-corrected chi connectivity index (χ3v) is 3.62. The van der Waals surface area contributed by atoms with Crippen LogP contribution in [-0.4, -0.2) is 20.8 Å². The summed E-state index contributed by atoms with van der Waals surface area (Å²) in [5, 5.41) is 6.17. The van der Waals surface area contributed by atoms with Crippen LogP contribution >= 0.6 is 22.9 Å². The van der Waals surface area contributed by atoms with E-state index in [1.165, 1.54) is 4.88 Å². The number of halogens is 1. The summed E-state index contributed by atoms with van der Waals surface area (Å²) in [6.45, 7) is 0.807. The Bertz CT molecular complexity index is 264. The van der Waals surface area contributed by atoms with Gasteiger partial charge in [0.2, 0.25) is 0 Å². The van der Waals surface area contributed by atoms with Crippen LogP contribution in [0.5, 0.6) is 0 Å². The minimum atomic E-state index is 0.359. The maximum atomic E-state index is 6.07. The highest BCUT2D eigenvalue weighted by Crippen LogP contribution is 2.30. The highest BCUT2D eigenvalue weighted by atomic mass is 35.5. The topological polar surface area (TPSA) is 21.3 Å². The molecule has 1 atom stereocenters. The van der Waals surface area contributed by atoms with Gasteiger partial charge in [0, 0.05) is 24.6 Å². The van der Waals surface area contributed by atoms with Crippen molar-refractivity contribution < 1.29 is 4.74 Å². The van der Waals surface area contributed by atoms with Gasteiger partial charge in [-0.05, 0) is 31.3 Å². The molecule has 0 radical (unpaired) electrons. The molecule has 0 aliphatic carbocycles. The van der Waals surface area contributed by atoms with E-state index in [0.29, 0.717) is 6.04 Å². The van der Waals surface area contributed by atoms with Crippen molar-refractivity contribution in [1.29, 1.82) is 0 Å². The molecule has 0 aliphatic rings. The average Bonchev–Trinajstić information content (AvgIpc) is 2.60. The van der Waals surface area contributed by atoms with Gasteiger partial charge in [0.1, 0.15) is 0 Å². The first-order valence-corrected chi connectivity index (χ1v) is 5.94. The molecule has 1 heterocycles. The molecule has 80 valence electrons. The van der Waals surface area contributed by atoms with Crippen LogP contribution in [0.25, 0.3) is 0 Å². The van der Waals surface area contributed by atoms with Crippen molar-refractivity contribution in [3.8, 4) is 0 Å². The van der Waals surface area contributed by atoms with E-state index in [1.807, 2.05) is 18.5 Å². The molecule has 14 heavy (non-hydrogen) atoms. The van der Waals surface area contributed by atoms with E-state index in [0.717, 1.165) is 24.5 Å². The Kier molecular flexibility index (Phi) is 5.48. The highest BCUT2D eigenvalue weighted by molar-refractivity contribution is 7.10. The van der Waals surface area contributed by atoms with E-state index < -0.39 is 0 Å². The Labute approximate surface area is 94.2 Å². The fraction of sp³-hybridized carbons (Fsp3) is 0.600. The van der Waals surface area contributed by atoms with Gasteiger partial charge in [-0.15, -0.1) is 11.3 Å². The maximum absolute atomic E-state index is 6.07. The molecule has 0 fully saturated rings. The molecule has 1 rings (SSSR count). The van der Waals surface area contributed by atoms with Crippen molar-refractivity contribution >= 4 is 22.9 Å². The number of rotatable bonds is 6. The zero-order valence-corrected chi connectivity index (χ0v) is 10.1. The lowest BCUT2D eigenvalue weighted by Gasteiger charge is -2.14. The van der Waals surface area contributed by atoms with Crippen molar-refractivity contribution in [2.24, 2.45) is 0 Å². The molecule has 0 amide bonds. The Morgan fingerprint density at radius 1 is 1.64 bits per heavy atom. The molecule has 0 saturated heterocycles. The SMILES string of the molecule is CNC(CCCOC)c1sccc1Cl. The lowest BCUT2D eigenvalue weighted by atomic mass is 10.1. The standard InChI is InChI=1S/C10H16ClNOS/c1-12-9(4-3-6-13-2)10-8(11)5-7-14-10/h5,7,9,12H,3-4,6H2,1-2H3. The van der Waals surface area contributed by atoms with Gasteiger partial charge in [-0.25, -0.2) is 0 Å². The van der Waals surface area contributed by atoms with Crippen LogP contribution in [0, 0.1) is 0 Å². The number of hydrogen-bond acceptors (Lipinski definition) is 3. The summed E-state index contributed by atoms with van der Waals surface area (Å²) in [5.41, 5.74) is 0. The predicted molar refractivity (Wildman–Crippen MR) is 62.2 cm³/mol. The van der Waals surface area contributed by atoms with Crippen LogP contribution in [0.2, 0.25) is 5.02 Å². The third-order valence-electron chi connectivity index (χ3n) is 2.15. The van der Waals surface area contributed by atoms with Gasteiger partial charge in [0.25, 0.3) is 0 Å². The van der Waals surface area contributed by atoms with Gasteiger partial charge in [-0.1, -0.05) is 11.6 Å². The fourth-order valence-corrected chi connectivity index (χ4v) is 2.73. The van der Waals surface area contributed by atoms with E-state index in [-0.39, 0.29) is 0 Å². The number of methoxy groups -OCH3 is 1. The summed E-state index contributed by atoms with van der Waals surface area (Å²) in [6.07, 6.45) is 2.11. The Balaban J connectivity index is 2.50. The number of thiophene rings is 1. The van der Waals surface area contributed by atoms with Gasteiger partial charge in [0.15, 0.2) is 0 Å². The minimum Gasteiger partial charge on any atom is -0.385 e. The van der Waals surface area contributed by atoms with Crippen LogP contribution in [-0.2, 0) is 4.74 Å². The van der Waals surface area contributed by atoms with Crippen LogP contribution in [0.3, 0.4) is 0 Å². The second kappa shape index (κ2) is 6.40. The summed E-state index contributed by atoms with van der Waals surface area (Å²) >= 11 is 7.77. The monoisotopic (exact) mass is 233 g/mol. The second-order valence-electron chi connectivity index (χ2n) is 3.11. The Morgan fingerprint density at radius 2 is 2.43 bits per heavy atom.